The largest absolute Gasteiger partial charge is 0.480 e. The fourth-order valence-electron chi connectivity index (χ4n) is 1.04. The summed E-state index contributed by atoms with van der Waals surface area (Å²) in [4.78, 5) is 9.96. The number of halogens is 2. The first-order valence-corrected chi connectivity index (χ1v) is 3.33. The van der Waals surface area contributed by atoms with Crippen LogP contribution in [0.3, 0.4) is 0 Å². The summed E-state index contributed by atoms with van der Waals surface area (Å²) in [5, 5.41) is 10.7. The van der Waals surface area contributed by atoms with Crippen molar-refractivity contribution in [3.05, 3.63) is 0 Å². The first-order valence-electron chi connectivity index (χ1n) is 3.33. The molecule has 1 aliphatic rings. The minimum Gasteiger partial charge on any atom is -0.480 e. The molecule has 0 unspecified atom stereocenters. The summed E-state index contributed by atoms with van der Waals surface area (Å²) in [6.45, 7) is -0.235. The van der Waals surface area contributed by atoms with E-state index in [1.807, 2.05) is 0 Å². The Balaban J connectivity index is 2.09. The molecular formula is C6H9F2NO2. The van der Waals surface area contributed by atoms with Crippen LogP contribution in [0.2, 0.25) is 0 Å². The predicted octanol–water partition coefficient (Wildman–Crippen LogP) is 0.458. The molecule has 0 heterocycles. The van der Waals surface area contributed by atoms with E-state index >= 15 is 0 Å². The quantitative estimate of drug-likeness (QED) is 0.638. The van der Waals surface area contributed by atoms with E-state index in [9.17, 15) is 13.6 Å². The van der Waals surface area contributed by atoms with Gasteiger partial charge in [-0.2, -0.15) is 0 Å². The van der Waals surface area contributed by atoms with Gasteiger partial charge in [0.2, 0.25) is 0 Å². The van der Waals surface area contributed by atoms with E-state index in [-0.39, 0.29) is 25.4 Å². The molecule has 0 spiro atoms. The molecule has 3 nitrogen and oxygen atoms in total. The number of aliphatic carboxylic acids is 1. The highest BCUT2D eigenvalue weighted by molar-refractivity contribution is 5.69. The van der Waals surface area contributed by atoms with Crippen molar-refractivity contribution in [3.63, 3.8) is 0 Å². The summed E-state index contributed by atoms with van der Waals surface area (Å²) in [5.74, 6) is -3.59. The Bertz CT molecular complexity index is 164. The summed E-state index contributed by atoms with van der Waals surface area (Å²) in [7, 11) is 0. The second-order valence-corrected chi connectivity index (χ2v) is 2.74. The standard InChI is InChI=1S/C6H9F2NO2/c7-6(8)1-4(2-6)9-3-5(10)11/h4,9H,1-3H2,(H,10,11). The predicted molar refractivity (Wildman–Crippen MR) is 33.6 cm³/mol. The Morgan fingerprint density at radius 2 is 2.18 bits per heavy atom. The van der Waals surface area contributed by atoms with Crippen LogP contribution in [0, 0.1) is 0 Å². The van der Waals surface area contributed by atoms with Crippen molar-refractivity contribution in [2.24, 2.45) is 0 Å². The van der Waals surface area contributed by atoms with Gasteiger partial charge < -0.3 is 10.4 Å². The van der Waals surface area contributed by atoms with E-state index in [1.54, 1.807) is 0 Å². The van der Waals surface area contributed by atoms with Crippen LogP contribution >= 0.6 is 0 Å². The van der Waals surface area contributed by atoms with Crippen LogP contribution in [0.15, 0.2) is 0 Å². The van der Waals surface area contributed by atoms with Crippen molar-refractivity contribution in [2.45, 2.75) is 24.8 Å². The first-order chi connectivity index (χ1) is 4.99. The monoisotopic (exact) mass is 165 g/mol. The van der Waals surface area contributed by atoms with Crippen LogP contribution in [0.1, 0.15) is 12.8 Å². The highest BCUT2D eigenvalue weighted by Gasteiger charge is 2.44. The maximum Gasteiger partial charge on any atom is 0.317 e. The molecule has 0 aromatic carbocycles. The first kappa shape index (κ1) is 8.39. The molecule has 0 radical (unpaired) electrons. The highest BCUT2D eigenvalue weighted by atomic mass is 19.3. The average Bonchev–Trinajstić information content (AvgIpc) is 1.78. The molecule has 5 heteroatoms. The zero-order valence-electron chi connectivity index (χ0n) is 5.81. The fraction of sp³-hybridized carbons (Fsp3) is 0.833. The maximum absolute atomic E-state index is 12.1. The normalized spacial score (nSPS) is 22.7. The van der Waals surface area contributed by atoms with Gasteiger partial charge in [0.25, 0.3) is 5.92 Å². The summed E-state index contributed by atoms with van der Waals surface area (Å²) in [5.41, 5.74) is 0. The Morgan fingerprint density at radius 1 is 1.64 bits per heavy atom. The van der Waals surface area contributed by atoms with Crippen molar-refractivity contribution in [1.29, 1.82) is 0 Å². The molecular weight excluding hydrogens is 156 g/mol. The van der Waals surface area contributed by atoms with Crippen LogP contribution in [0.5, 0.6) is 0 Å². The van der Waals surface area contributed by atoms with Crippen LogP contribution in [-0.4, -0.2) is 29.6 Å². The Hall–Kier alpha value is -0.710. The summed E-state index contributed by atoms with van der Waals surface area (Å²) < 4.78 is 24.3. The molecule has 0 amide bonds. The molecule has 2 N–H and O–H groups in total. The van der Waals surface area contributed by atoms with Crippen molar-refractivity contribution in [2.75, 3.05) is 6.54 Å². The third kappa shape index (κ3) is 2.42. The van der Waals surface area contributed by atoms with Crippen molar-refractivity contribution in [1.82, 2.24) is 5.32 Å². The molecule has 0 aromatic rings. The van der Waals surface area contributed by atoms with Crippen LogP contribution in [0.4, 0.5) is 8.78 Å². The van der Waals surface area contributed by atoms with Gasteiger partial charge in [0, 0.05) is 18.9 Å². The summed E-state index contributed by atoms with van der Waals surface area (Å²) in [6, 6.07) is -0.318. The number of nitrogens with one attached hydrogen (secondary N) is 1. The molecule has 11 heavy (non-hydrogen) atoms. The van der Waals surface area contributed by atoms with E-state index in [1.165, 1.54) is 0 Å². The third-order valence-electron chi connectivity index (χ3n) is 1.63. The number of hydrogen-bond donors (Lipinski definition) is 2. The molecule has 0 saturated heterocycles. The lowest BCUT2D eigenvalue weighted by atomic mass is 9.88. The Labute approximate surface area is 62.4 Å². The van der Waals surface area contributed by atoms with Gasteiger partial charge in [0.15, 0.2) is 0 Å². The number of carboxylic acid groups (broad SMARTS) is 1. The molecule has 0 aromatic heterocycles. The molecule has 64 valence electrons. The number of carboxylic acids is 1. The van der Waals surface area contributed by atoms with Gasteiger partial charge in [-0.05, 0) is 0 Å². The number of alkyl halides is 2. The lowest BCUT2D eigenvalue weighted by molar-refractivity contribution is -0.137. The van der Waals surface area contributed by atoms with E-state index in [0.717, 1.165) is 0 Å². The molecule has 1 aliphatic carbocycles. The van der Waals surface area contributed by atoms with Gasteiger partial charge >= 0.3 is 5.97 Å². The fourth-order valence-corrected chi connectivity index (χ4v) is 1.04. The van der Waals surface area contributed by atoms with E-state index < -0.39 is 11.9 Å². The number of carbonyl (C=O) groups is 1. The van der Waals surface area contributed by atoms with Gasteiger partial charge in [0.1, 0.15) is 0 Å². The second kappa shape index (κ2) is 2.73. The summed E-state index contributed by atoms with van der Waals surface area (Å²) >= 11 is 0. The Kier molecular flexibility index (Phi) is 2.08. The van der Waals surface area contributed by atoms with Gasteiger partial charge in [-0.15, -0.1) is 0 Å². The smallest absolute Gasteiger partial charge is 0.317 e. The molecule has 1 saturated carbocycles. The van der Waals surface area contributed by atoms with Crippen LogP contribution in [-0.2, 0) is 4.79 Å². The Morgan fingerprint density at radius 3 is 2.55 bits per heavy atom. The lowest BCUT2D eigenvalue weighted by Gasteiger charge is -2.35. The van der Waals surface area contributed by atoms with Gasteiger partial charge in [0.05, 0.1) is 6.54 Å². The van der Waals surface area contributed by atoms with E-state index in [0.29, 0.717) is 0 Å². The minimum absolute atomic E-state index is 0.235. The second-order valence-electron chi connectivity index (χ2n) is 2.74. The SMILES string of the molecule is O=C(O)CNC1CC(F)(F)C1. The molecule has 1 rings (SSSR count). The molecule has 1 fully saturated rings. The maximum atomic E-state index is 12.1. The zero-order chi connectivity index (χ0) is 8.48. The number of hydrogen-bond acceptors (Lipinski definition) is 2. The summed E-state index contributed by atoms with van der Waals surface area (Å²) in [6.07, 6.45) is -0.472. The molecule has 0 bridgehead atoms. The molecule has 0 aliphatic heterocycles. The third-order valence-corrected chi connectivity index (χ3v) is 1.63. The lowest BCUT2D eigenvalue weighted by Crippen LogP contribution is -2.49. The highest BCUT2D eigenvalue weighted by Crippen LogP contribution is 2.37. The topological polar surface area (TPSA) is 49.3 Å². The van der Waals surface area contributed by atoms with Crippen molar-refractivity contribution in [3.8, 4) is 0 Å². The molecule has 0 atom stereocenters. The average molecular weight is 165 g/mol. The van der Waals surface area contributed by atoms with E-state index in [4.69, 9.17) is 5.11 Å². The van der Waals surface area contributed by atoms with Gasteiger partial charge in [-0.1, -0.05) is 0 Å². The minimum atomic E-state index is -2.57. The zero-order valence-corrected chi connectivity index (χ0v) is 5.81. The number of rotatable bonds is 3. The van der Waals surface area contributed by atoms with Crippen LogP contribution in [0.25, 0.3) is 0 Å². The van der Waals surface area contributed by atoms with Crippen LogP contribution < -0.4 is 5.32 Å². The van der Waals surface area contributed by atoms with Gasteiger partial charge in [-0.3, -0.25) is 4.79 Å². The van der Waals surface area contributed by atoms with Gasteiger partial charge in [-0.25, -0.2) is 8.78 Å². The van der Waals surface area contributed by atoms with Crippen molar-refractivity contribution < 1.29 is 18.7 Å². The van der Waals surface area contributed by atoms with Crippen molar-refractivity contribution >= 4 is 5.97 Å². The van der Waals surface area contributed by atoms with E-state index in [2.05, 4.69) is 5.32 Å².